The van der Waals surface area contributed by atoms with E-state index >= 15 is 0 Å². The second-order valence-electron chi connectivity index (χ2n) is 3.34. The lowest BCUT2D eigenvalue weighted by Crippen LogP contribution is -2.18. The summed E-state index contributed by atoms with van der Waals surface area (Å²) in [6.07, 6.45) is 2.50. The summed E-state index contributed by atoms with van der Waals surface area (Å²) < 4.78 is 0.883. The van der Waals surface area contributed by atoms with Gasteiger partial charge in [-0.25, -0.2) is 0 Å². The van der Waals surface area contributed by atoms with Crippen molar-refractivity contribution in [3.8, 4) is 0 Å². The van der Waals surface area contributed by atoms with Gasteiger partial charge in [-0.1, -0.05) is 27.5 Å². The summed E-state index contributed by atoms with van der Waals surface area (Å²) in [5.41, 5.74) is 0. The van der Waals surface area contributed by atoms with E-state index in [0.717, 1.165) is 22.8 Å². The molecule has 1 aromatic rings. The highest BCUT2D eigenvalue weighted by Gasteiger charge is 2.02. The summed E-state index contributed by atoms with van der Waals surface area (Å²) in [5.74, 6) is 0. The van der Waals surface area contributed by atoms with Crippen molar-refractivity contribution in [1.29, 1.82) is 0 Å². The highest BCUT2D eigenvalue weighted by Crippen LogP contribution is 2.22. The van der Waals surface area contributed by atoms with Crippen LogP contribution in [0.2, 0.25) is 4.34 Å². The summed E-state index contributed by atoms with van der Waals surface area (Å²) in [4.78, 5) is 3.68. The standard InChI is InChI=1S/C10H15BrClNS/c1-13(7-3-2-6-11)8-9-4-5-10(12)14-9/h4-5H,2-3,6-8H2,1H3. The number of thiophene rings is 1. The Kier molecular flexibility index (Phi) is 6.10. The van der Waals surface area contributed by atoms with Crippen molar-refractivity contribution in [3.63, 3.8) is 0 Å². The van der Waals surface area contributed by atoms with E-state index in [-0.39, 0.29) is 0 Å². The van der Waals surface area contributed by atoms with Crippen LogP contribution in [-0.2, 0) is 6.54 Å². The van der Waals surface area contributed by atoms with Crippen molar-refractivity contribution in [3.05, 3.63) is 21.3 Å². The Labute approximate surface area is 103 Å². The van der Waals surface area contributed by atoms with Crippen LogP contribution >= 0.6 is 38.9 Å². The van der Waals surface area contributed by atoms with Crippen LogP contribution in [0.25, 0.3) is 0 Å². The van der Waals surface area contributed by atoms with Crippen LogP contribution in [0.1, 0.15) is 17.7 Å². The van der Waals surface area contributed by atoms with Crippen LogP contribution in [-0.4, -0.2) is 23.8 Å². The first kappa shape index (κ1) is 12.5. The molecule has 0 atom stereocenters. The molecule has 14 heavy (non-hydrogen) atoms. The molecule has 1 rings (SSSR count). The largest absolute Gasteiger partial charge is 0.301 e. The normalized spacial score (nSPS) is 11.1. The highest BCUT2D eigenvalue weighted by atomic mass is 79.9. The summed E-state index contributed by atoms with van der Waals surface area (Å²) in [7, 11) is 2.15. The van der Waals surface area contributed by atoms with Gasteiger partial charge in [-0.2, -0.15) is 0 Å². The van der Waals surface area contributed by atoms with Gasteiger partial charge < -0.3 is 4.90 Å². The molecule has 0 aromatic carbocycles. The maximum Gasteiger partial charge on any atom is 0.0931 e. The van der Waals surface area contributed by atoms with E-state index in [0.29, 0.717) is 0 Å². The molecule has 0 bridgehead atoms. The number of hydrogen-bond acceptors (Lipinski definition) is 2. The molecule has 0 aliphatic heterocycles. The van der Waals surface area contributed by atoms with Crippen LogP contribution in [0.3, 0.4) is 0 Å². The van der Waals surface area contributed by atoms with E-state index in [1.807, 2.05) is 6.07 Å². The Morgan fingerprint density at radius 2 is 2.21 bits per heavy atom. The van der Waals surface area contributed by atoms with Gasteiger partial charge in [0.05, 0.1) is 4.34 Å². The Hall–Kier alpha value is 0.430. The molecule has 0 N–H and O–H groups in total. The Morgan fingerprint density at radius 1 is 1.43 bits per heavy atom. The maximum atomic E-state index is 5.86. The van der Waals surface area contributed by atoms with Gasteiger partial charge in [0.2, 0.25) is 0 Å². The van der Waals surface area contributed by atoms with Crippen LogP contribution < -0.4 is 0 Å². The topological polar surface area (TPSA) is 3.24 Å². The highest BCUT2D eigenvalue weighted by molar-refractivity contribution is 9.09. The minimum absolute atomic E-state index is 0.883. The molecule has 0 saturated heterocycles. The molecule has 80 valence electrons. The summed E-state index contributed by atoms with van der Waals surface area (Å²) >= 11 is 11.0. The minimum atomic E-state index is 0.883. The predicted molar refractivity (Wildman–Crippen MR) is 68.7 cm³/mol. The molecule has 0 aliphatic rings. The SMILES string of the molecule is CN(CCCCBr)Cc1ccc(Cl)s1. The number of unbranched alkanes of at least 4 members (excludes halogenated alkanes) is 1. The molecule has 0 spiro atoms. The van der Waals surface area contributed by atoms with E-state index in [2.05, 4.69) is 33.9 Å². The zero-order chi connectivity index (χ0) is 10.4. The van der Waals surface area contributed by atoms with Crippen molar-refractivity contribution in [2.24, 2.45) is 0 Å². The number of nitrogens with zero attached hydrogens (tertiary/aromatic N) is 1. The minimum Gasteiger partial charge on any atom is -0.301 e. The molecule has 1 nitrogen and oxygen atoms in total. The lowest BCUT2D eigenvalue weighted by atomic mass is 10.3. The molecule has 1 aromatic heterocycles. The Balaban J connectivity index is 2.23. The molecule has 0 unspecified atom stereocenters. The van der Waals surface area contributed by atoms with Gasteiger partial charge in [-0.3, -0.25) is 0 Å². The van der Waals surface area contributed by atoms with Crippen molar-refractivity contribution < 1.29 is 0 Å². The van der Waals surface area contributed by atoms with Gasteiger partial charge in [0.1, 0.15) is 0 Å². The Morgan fingerprint density at radius 3 is 2.79 bits per heavy atom. The van der Waals surface area contributed by atoms with Gasteiger partial charge in [0.25, 0.3) is 0 Å². The van der Waals surface area contributed by atoms with E-state index in [1.165, 1.54) is 17.7 Å². The maximum absolute atomic E-state index is 5.86. The lowest BCUT2D eigenvalue weighted by Gasteiger charge is -2.14. The molecular formula is C10H15BrClNS. The molecule has 0 amide bonds. The quantitative estimate of drug-likeness (QED) is 0.566. The zero-order valence-corrected chi connectivity index (χ0v) is 11.5. The fraction of sp³-hybridized carbons (Fsp3) is 0.600. The van der Waals surface area contributed by atoms with Gasteiger partial charge >= 0.3 is 0 Å². The van der Waals surface area contributed by atoms with E-state index in [9.17, 15) is 0 Å². The van der Waals surface area contributed by atoms with E-state index in [4.69, 9.17) is 11.6 Å². The van der Waals surface area contributed by atoms with E-state index in [1.54, 1.807) is 11.3 Å². The van der Waals surface area contributed by atoms with Crippen molar-refractivity contribution in [1.82, 2.24) is 4.90 Å². The van der Waals surface area contributed by atoms with Crippen LogP contribution in [0.5, 0.6) is 0 Å². The van der Waals surface area contributed by atoms with Gasteiger partial charge in [-0.05, 0) is 38.6 Å². The third kappa shape index (κ3) is 4.78. The number of hydrogen-bond donors (Lipinski definition) is 0. The number of alkyl halides is 1. The second kappa shape index (κ2) is 6.83. The average Bonchev–Trinajstić information content (AvgIpc) is 2.52. The van der Waals surface area contributed by atoms with Crippen molar-refractivity contribution in [2.75, 3.05) is 18.9 Å². The van der Waals surface area contributed by atoms with Crippen molar-refractivity contribution in [2.45, 2.75) is 19.4 Å². The first-order valence-electron chi connectivity index (χ1n) is 4.71. The van der Waals surface area contributed by atoms with Crippen molar-refractivity contribution >= 4 is 38.9 Å². The fourth-order valence-electron chi connectivity index (χ4n) is 1.26. The van der Waals surface area contributed by atoms with E-state index < -0.39 is 0 Å². The molecule has 0 saturated carbocycles. The second-order valence-corrected chi connectivity index (χ2v) is 5.93. The summed E-state index contributed by atoms with van der Waals surface area (Å²) in [5, 5.41) is 1.10. The number of rotatable bonds is 6. The average molecular weight is 297 g/mol. The molecule has 4 heteroatoms. The molecule has 0 fully saturated rings. The first-order valence-corrected chi connectivity index (χ1v) is 7.02. The smallest absolute Gasteiger partial charge is 0.0931 e. The molecule has 0 radical (unpaired) electrons. The lowest BCUT2D eigenvalue weighted by molar-refractivity contribution is 0.324. The number of halogens is 2. The predicted octanol–water partition coefficient (Wildman–Crippen LogP) is 4.01. The summed E-state index contributed by atoms with van der Waals surface area (Å²) in [6.45, 7) is 2.17. The first-order chi connectivity index (χ1) is 6.72. The van der Waals surface area contributed by atoms with Crippen LogP contribution in [0.15, 0.2) is 12.1 Å². The van der Waals surface area contributed by atoms with Crippen LogP contribution in [0, 0.1) is 0 Å². The third-order valence-electron chi connectivity index (χ3n) is 1.98. The monoisotopic (exact) mass is 295 g/mol. The molecular weight excluding hydrogens is 282 g/mol. The molecule has 1 heterocycles. The van der Waals surface area contributed by atoms with Gasteiger partial charge in [0, 0.05) is 16.8 Å². The Bertz CT molecular complexity index is 264. The van der Waals surface area contributed by atoms with Crippen LogP contribution in [0.4, 0.5) is 0 Å². The zero-order valence-electron chi connectivity index (χ0n) is 8.30. The van der Waals surface area contributed by atoms with Gasteiger partial charge in [0.15, 0.2) is 0 Å². The molecule has 0 aliphatic carbocycles. The van der Waals surface area contributed by atoms with Gasteiger partial charge in [-0.15, -0.1) is 11.3 Å². The fourth-order valence-corrected chi connectivity index (χ4v) is 2.82. The summed E-state index contributed by atoms with van der Waals surface area (Å²) in [6, 6.07) is 4.07. The third-order valence-corrected chi connectivity index (χ3v) is 3.75.